The summed E-state index contributed by atoms with van der Waals surface area (Å²) in [6.07, 6.45) is 1.53. The van der Waals surface area contributed by atoms with Crippen molar-refractivity contribution in [1.82, 2.24) is 10.3 Å². The Labute approximate surface area is 108 Å². The highest BCUT2D eigenvalue weighted by Crippen LogP contribution is 2.24. The molecule has 0 aliphatic heterocycles. The number of hydrogen-bond donors (Lipinski definition) is 1. The third-order valence-electron chi connectivity index (χ3n) is 3.26. The lowest BCUT2D eigenvalue weighted by Gasteiger charge is -2.29. The lowest BCUT2D eigenvalue weighted by molar-refractivity contribution is 0.0924. The van der Waals surface area contributed by atoms with Crippen molar-refractivity contribution in [3.63, 3.8) is 0 Å². The summed E-state index contributed by atoms with van der Waals surface area (Å²) in [5, 5.41) is 3.26. The monoisotopic (exact) mass is 254 g/mol. The highest BCUT2D eigenvalue weighted by atomic mass is 35.5. The maximum absolute atomic E-state index is 11.9. The van der Waals surface area contributed by atoms with E-state index in [0.717, 1.165) is 0 Å². The van der Waals surface area contributed by atoms with Crippen LogP contribution in [-0.2, 0) is 0 Å². The van der Waals surface area contributed by atoms with Crippen molar-refractivity contribution in [2.75, 3.05) is 6.54 Å². The third-order valence-corrected chi connectivity index (χ3v) is 3.46. The van der Waals surface area contributed by atoms with Gasteiger partial charge in [0.2, 0.25) is 0 Å². The van der Waals surface area contributed by atoms with Crippen LogP contribution in [0.25, 0.3) is 0 Å². The van der Waals surface area contributed by atoms with Gasteiger partial charge >= 0.3 is 0 Å². The van der Waals surface area contributed by atoms with Gasteiger partial charge in [0, 0.05) is 18.3 Å². The van der Waals surface area contributed by atoms with Crippen LogP contribution in [-0.4, -0.2) is 17.4 Å². The van der Waals surface area contributed by atoms with E-state index in [1.165, 1.54) is 6.20 Å². The molecule has 1 rings (SSSR count). The van der Waals surface area contributed by atoms with Crippen LogP contribution in [0.3, 0.4) is 0 Å². The van der Waals surface area contributed by atoms with E-state index in [1.54, 1.807) is 12.1 Å². The molecule has 1 N–H and O–H groups in total. The number of halogens is 1. The number of carbonyl (C=O) groups is 1. The smallest absolute Gasteiger partial charge is 0.251 e. The minimum Gasteiger partial charge on any atom is -0.351 e. The number of rotatable bonds is 4. The van der Waals surface area contributed by atoms with Crippen LogP contribution in [0.4, 0.5) is 0 Å². The molecule has 0 unspecified atom stereocenters. The number of nitrogens with one attached hydrogen (secondary N) is 1. The van der Waals surface area contributed by atoms with E-state index >= 15 is 0 Å². The quantitative estimate of drug-likeness (QED) is 0.839. The summed E-state index contributed by atoms with van der Waals surface area (Å²) < 4.78 is 0. The van der Waals surface area contributed by atoms with Crippen molar-refractivity contribution in [3.05, 3.63) is 29.0 Å². The Balaban J connectivity index is 2.62. The normalized spacial score (nSPS) is 11.6. The van der Waals surface area contributed by atoms with Gasteiger partial charge in [0.1, 0.15) is 5.15 Å². The number of amides is 1. The van der Waals surface area contributed by atoms with E-state index in [2.05, 4.69) is 38.0 Å². The SMILES string of the molecule is CC(C)C(C)(C)CNC(=O)c1ccnc(Cl)c1. The van der Waals surface area contributed by atoms with Crippen molar-refractivity contribution < 1.29 is 4.79 Å². The van der Waals surface area contributed by atoms with Crippen LogP contribution in [0, 0.1) is 11.3 Å². The second-order valence-corrected chi connectivity index (χ2v) is 5.58. The molecule has 3 nitrogen and oxygen atoms in total. The van der Waals surface area contributed by atoms with Crippen LogP contribution in [0.2, 0.25) is 5.15 Å². The van der Waals surface area contributed by atoms with E-state index in [0.29, 0.717) is 23.2 Å². The topological polar surface area (TPSA) is 42.0 Å². The van der Waals surface area contributed by atoms with Crippen LogP contribution in [0.5, 0.6) is 0 Å². The Hall–Kier alpha value is -1.09. The predicted molar refractivity (Wildman–Crippen MR) is 70.2 cm³/mol. The first-order valence-corrected chi connectivity index (χ1v) is 6.10. The Morgan fingerprint density at radius 2 is 2.18 bits per heavy atom. The van der Waals surface area contributed by atoms with Gasteiger partial charge in [-0.2, -0.15) is 0 Å². The zero-order valence-corrected chi connectivity index (χ0v) is 11.5. The molecule has 0 aromatic carbocycles. The zero-order valence-electron chi connectivity index (χ0n) is 10.7. The molecule has 17 heavy (non-hydrogen) atoms. The summed E-state index contributed by atoms with van der Waals surface area (Å²) in [6, 6.07) is 3.23. The summed E-state index contributed by atoms with van der Waals surface area (Å²) in [6.45, 7) is 9.21. The van der Waals surface area contributed by atoms with Crippen molar-refractivity contribution in [2.24, 2.45) is 11.3 Å². The standard InChI is InChI=1S/C13H19ClN2O/c1-9(2)13(3,4)8-16-12(17)10-5-6-15-11(14)7-10/h5-7,9H,8H2,1-4H3,(H,16,17). The van der Waals surface area contributed by atoms with Gasteiger partial charge in [0.15, 0.2) is 0 Å². The van der Waals surface area contributed by atoms with Gasteiger partial charge in [0.05, 0.1) is 0 Å². The van der Waals surface area contributed by atoms with Gasteiger partial charge in [-0.15, -0.1) is 0 Å². The fourth-order valence-corrected chi connectivity index (χ4v) is 1.33. The largest absolute Gasteiger partial charge is 0.351 e. The van der Waals surface area contributed by atoms with Crippen molar-refractivity contribution in [1.29, 1.82) is 0 Å². The van der Waals surface area contributed by atoms with Crippen LogP contribution >= 0.6 is 11.6 Å². The highest BCUT2D eigenvalue weighted by molar-refractivity contribution is 6.29. The molecule has 1 amide bonds. The second kappa shape index (κ2) is 5.50. The fourth-order valence-electron chi connectivity index (χ4n) is 1.16. The Morgan fingerprint density at radius 1 is 1.53 bits per heavy atom. The molecule has 0 atom stereocenters. The molecular formula is C13H19ClN2O. The molecule has 1 heterocycles. The van der Waals surface area contributed by atoms with Crippen molar-refractivity contribution >= 4 is 17.5 Å². The van der Waals surface area contributed by atoms with Crippen molar-refractivity contribution in [2.45, 2.75) is 27.7 Å². The molecule has 4 heteroatoms. The van der Waals surface area contributed by atoms with Gasteiger partial charge in [0.25, 0.3) is 5.91 Å². The first-order valence-electron chi connectivity index (χ1n) is 5.72. The molecular weight excluding hydrogens is 236 g/mol. The molecule has 0 radical (unpaired) electrons. The summed E-state index contributed by atoms with van der Waals surface area (Å²) in [5.41, 5.74) is 0.622. The van der Waals surface area contributed by atoms with Crippen LogP contribution in [0.15, 0.2) is 18.3 Å². The Morgan fingerprint density at radius 3 is 2.71 bits per heavy atom. The number of nitrogens with zero attached hydrogens (tertiary/aromatic N) is 1. The van der Waals surface area contributed by atoms with Gasteiger partial charge in [-0.25, -0.2) is 4.98 Å². The third kappa shape index (κ3) is 4.00. The van der Waals surface area contributed by atoms with Crippen LogP contribution in [0.1, 0.15) is 38.1 Å². The average molecular weight is 255 g/mol. The maximum atomic E-state index is 11.9. The molecule has 1 aromatic heterocycles. The molecule has 94 valence electrons. The first kappa shape index (κ1) is 14.0. The fraction of sp³-hybridized carbons (Fsp3) is 0.538. The van der Waals surface area contributed by atoms with E-state index in [1.807, 2.05) is 0 Å². The van der Waals surface area contributed by atoms with E-state index < -0.39 is 0 Å². The van der Waals surface area contributed by atoms with E-state index in [4.69, 9.17) is 11.6 Å². The number of carbonyl (C=O) groups excluding carboxylic acids is 1. The molecule has 0 fully saturated rings. The lowest BCUT2D eigenvalue weighted by Crippen LogP contribution is -2.36. The molecule has 0 saturated carbocycles. The zero-order chi connectivity index (χ0) is 13.1. The summed E-state index contributed by atoms with van der Waals surface area (Å²) in [4.78, 5) is 15.7. The second-order valence-electron chi connectivity index (χ2n) is 5.19. The van der Waals surface area contributed by atoms with Gasteiger partial charge in [-0.05, 0) is 23.5 Å². The summed E-state index contributed by atoms with van der Waals surface area (Å²) in [5.74, 6) is 0.395. The average Bonchev–Trinajstić information content (AvgIpc) is 2.25. The number of aromatic nitrogens is 1. The molecule has 0 spiro atoms. The maximum Gasteiger partial charge on any atom is 0.251 e. The van der Waals surface area contributed by atoms with Gasteiger partial charge in [-0.3, -0.25) is 4.79 Å². The Kier molecular flexibility index (Phi) is 4.52. The molecule has 0 saturated heterocycles. The van der Waals surface area contributed by atoms with Gasteiger partial charge in [-0.1, -0.05) is 39.3 Å². The molecule has 1 aromatic rings. The van der Waals surface area contributed by atoms with Gasteiger partial charge < -0.3 is 5.32 Å². The molecule has 0 aliphatic carbocycles. The van der Waals surface area contributed by atoms with E-state index in [9.17, 15) is 4.79 Å². The Bertz CT molecular complexity index is 402. The molecule has 0 bridgehead atoms. The summed E-state index contributed by atoms with van der Waals surface area (Å²) in [7, 11) is 0. The molecule has 0 aliphatic rings. The lowest BCUT2D eigenvalue weighted by atomic mass is 9.81. The van der Waals surface area contributed by atoms with Crippen molar-refractivity contribution in [3.8, 4) is 0 Å². The summed E-state index contributed by atoms with van der Waals surface area (Å²) >= 11 is 5.74. The minimum absolute atomic E-state index is 0.0759. The first-order chi connectivity index (χ1) is 7.83. The van der Waals surface area contributed by atoms with Crippen LogP contribution < -0.4 is 5.32 Å². The number of pyridine rings is 1. The number of hydrogen-bond acceptors (Lipinski definition) is 2. The highest BCUT2D eigenvalue weighted by Gasteiger charge is 2.23. The minimum atomic E-state index is -0.108. The predicted octanol–water partition coefficient (Wildman–Crippen LogP) is 3.15. The van der Waals surface area contributed by atoms with E-state index in [-0.39, 0.29) is 11.3 Å².